The molecular weight excluding hydrogens is 424 g/mol. The normalized spacial score (nSPS) is 16.8. The van der Waals surface area contributed by atoms with E-state index in [0.717, 1.165) is 55.5 Å². The van der Waals surface area contributed by atoms with Crippen LogP contribution in [0.5, 0.6) is 0 Å². The summed E-state index contributed by atoms with van der Waals surface area (Å²) in [5.74, 6) is 1.45. The molecule has 1 atom stereocenters. The Morgan fingerprint density at radius 3 is 2.35 bits per heavy atom. The summed E-state index contributed by atoms with van der Waals surface area (Å²) in [6.07, 6.45) is 8.51. The number of Topliss-reactive ketones (excluding diaryl/α,β-unsaturated/α-hetero) is 1. The molecule has 5 nitrogen and oxygen atoms in total. The summed E-state index contributed by atoms with van der Waals surface area (Å²) >= 11 is 0. The lowest BCUT2D eigenvalue weighted by Crippen LogP contribution is -2.39. The predicted molar refractivity (Wildman–Crippen MR) is 133 cm³/mol. The van der Waals surface area contributed by atoms with Crippen molar-refractivity contribution in [1.29, 1.82) is 0 Å². The van der Waals surface area contributed by atoms with E-state index >= 15 is 0 Å². The van der Waals surface area contributed by atoms with Crippen LogP contribution in [-0.2, 0) is 12.1 Å². The van der Waals surface area contributed by atoms with Crippen LogP contribution in [0.4, 0.5) is 0 Å². The van der Waals surface area contributed by atoms with Gasteiger partial charge in [0.2, 0.25) is 5.89 Å². The highest BCUT2D eigenvalue weighted by atomic mass is 16.4. The quantitative estimate of drug-likeness (QED) is 0.309. The van der Waals surface area contributed by atoms with Gasteiger partial charge in [-0.1, -0.05) is 79.9 Å². The Balaban J connectivity index is 1.44. The summed E-state index contributed by atoms with van der Waals surface area (Å²) in [6, 6.07) is 19.3. The highest BCUT2D eigenvalue weighted by Gasteiger charge is 2.44. The van der Waals surface area contributed by atoms with Crippen LogP contribution in [0.2, 0.25) is 0 Å². The molecule has 0 radical (unpaired) electrons. The third-order valence-electron chi connectivity index (χ3n) is 7.14. The minimum Gasteiger partial charge on any atom is -0.436 e. The molecule has 1 saturated carbocycles. The maximum absolute atomic E-state index is 12.4. The Labute approximate surface area is 203 Å². The van der Waals surface area contributed by atoms with Crippen molar-refractivity contribution >= 4 is 5.78 Å². The highest BCUT2D eigenvalue weighted by Crippen LogP contribution is 2.43. The number of aromatic nitrogens is 1. The zero-order chi connectivity index (χ0) is 24.0. The molecule has 34 heavy (non-hydrogen) atoms. The smallest absolute Gasteiger partial charge is 0.231 e. The lowest BCUT2D eigenvalue weighted by Gasteiger charge is -2.36. The summed E-state index contributed by atoms with van der Waals surface area (Å²) in [6.45, 7) is 1.50. The second kappa shape index (κ2) is 10.7. The Morgan fingerprint density at radius 2 is 1.68 bits per heavy atom. The number of nitrogens with zero attached hydrogens (tertiary/aromatic N) is 2. The highest BCUT2D eigenvalue weighted by molar-refractivity contribution is 5.95. The second-order valence-electron chi connectivity index (χ2n) is 10.3. The van der Waals surface area contributed by atoms with Gasteiger partial charge in [0.15, 0.2) is 17.1 Å². The van der Waals surface area contributed by atoms with Crippen molar-refractivity contribution in [3.05, 3.63) is 89.6 Å². The van der Waals surface area contributed by atoms with E-state index in [-0.39, 0.29) is 11.7 Å². The van der Waals surface area contributed by atoms with E-state index in [2.05, 4.69) is 19.1 Å². The molecule has 0 unspecified atom stereocenters. The molecule has 1 aliphatic rings. The Morgan fingerprint density at radius 1 is 1.03 bits per heavy atom. The van der Waals surface area contributed by atoms with Gasteiger partial charge >= 0.3 is 0 Å². The van der Waals surface area contributed by atoms with E-state index in [1.807, 2.05) is 60.7 Å². The third kappa shape index (κ3) is 5.65. The summed E-state index contributed by atoms with van der Waals surface area (Å²) in [4.78, 5) is 17.0. The van der Waals surface area contributed by atoms with Crippen molar-refractivity contribution in [2.45, 2.75) is 57.1 Å². The number of oxazole rings is 1. The maximum atomic E-state index is 12.4. The van der Waals surface area contributed by atoms with E-state index in [0.29, 0.717) is 23.3 Å². The first-order valence-corrected chi connectivity index (χ1v) is 12.5. The molecule has 2 aromatic carbocycles. The molecule has 1 heterocycles. The number of quaternary nitrogens is 1. The van der Waals surface area contributed by atoms with Crippen LogP contribution < -0.4 is 0 Å². The number of carbonyl (C=O) groups is 1. The van der Waals surface area contributed by atoms with Crippen molar-refractivity contribution in [3.63, 3.8) is 0 Å². The molecule has 0 spiro atoms. The average molecular weight is 462 g/mol. The monoisotopic (exact) mass is 461 g/mol. The fraction of sp³-hybridized carbons (Fsp3) is 0.448. The SMILES string of the molecule is C[N+](C)(CCCC(=O)c1ccccc1)Cc1cnc([C@](O)(c2ccccc2)C2CCCCC2)o1. The zero-order valence-corrected chi connectivity index (χ0v) is 20.5. The van der Waals surface area contributed by atoms with E-state index in [1.165, 1.54) is 6.42 Å². The van der Waals surface area contributed by atoms with Crippen molar-refractivity contribution < 1.29 is 18.8 Å². The van der Waals surface area contributed by atoms with Crippen LogP contribution in [0, 0.1) is 5.92 Å². The van der Waals surface area contributed by atoms with Gasteiger partial charge in [0.05, 0.1) is 26.8 Å². The third-order valence-corrected chi connectivity index (χ3v) is 7.14. The van der Waals surface area contributed by atoms with E-state index in [9.17, 15) is 9.90 Å². The van der Waals surface area contributed by atoms with Gasteiger partial charge in [-0.2, -0.15) is 0 Å². The van der Waals surface area contributed by atoms with Gasteiger partial charge in [-0.25, -0.2) is 4.98 Å². The average Bonchev–Trinajstić information content (AvgIpc) is 3.33. The molecule has 0 amide bonds. The van der Waals surface area contributed by atoms with Gasteiger partial charge in [-0.15, -0.1) is 0 Å². The number of benzene rings is 2. The lowest BCUT2D eigenvalue weighted by atomic mass is 9.73. The van der Waals surface area contributed by atoms with Crippen LogP contribution in [0.3, 0.4) is 0 Å². The molecular formula is C29H37N2O3+. The van der Waals surface area contributed by atoms with Crippen LogP contribution in [0.15, 0.2) is 71.3 Å². The Bertz CT molecular complexity index is 1060. The molecule has 4 rings (SSSR count). The van der Waals surface area contributed by atoms with Gasteiger partial charge in [-0.3, -0.25) is 4.79 Å². The number of rotatable bonds is 10. The molecule has 0 aliphatic heterocycles. The predicted octanol–water partition coefficient (Wildman–Crippen LogP) is 5.73. The first kappa shape index (κ1) is 24.4. The minimum absolute atomic E-state index is 0.0987. The van der Waals surface area contributed by atoms with Crippen molar-refractivity contribution in [2.24, 2.45) is 5.92 Å². The number of aliphatic hydroxyl groups is 1. The van der Waals surface area contributed by atoms with Gasteiger partial charge in [0.25, 0.3) is 0 Å². The van der Waals surface area contributed by atoms with Crippen LogP contribution >= 0.6 is 0 Å². The molecule has 5 heteroatoms. The van der Waals surface area contributed by atoms with Crippen LogP contribution in [0.25, 0.3) is 0 Å². The molecule has 1 N–H and O–H groups in total. The van der Waals surface area contributed by atoms with Gasteiger partial charge in [-0.05, 0) is 18.4 Å². The van der Waals surface area contributed by atoms with Crippen molar-refractivity contribution in [2.75, 3.05) is 20.6 Å². The second-order valence-corrected chi connectivity index (χ2v) is 10.3. The molecule has 0 saturated heterocycles. The van der Waals surface area contributed by atoms with Crippen molar-refractivity contribution in [1.82, 2.24) is 4.98 Å². The van der Waals surface area contributed by atoms with Crippen LogP contribution in [-0.4, -0.2) is 41.0 Å². The summed E-state index contributed by atoms with van der Waals surface area (Å²) in [5, 5.41) is 12.0. The lowest BCUT2D eigenvalue weighted by molar-refractivity contribution is -0.904. The first-order valence-electron chi connectivity index (χ1n) is 12.5. The Kier molecular flexibility index (Phi) is 7.64. The van der Waals surface area contributed by atoms with E-state index in [4.69, 9.17) is 4.42 Å². The number of ketones is 1. The summed E-state index contributed by atoms with van der Waals surface area (Å²) in [5.41, 5.74) is 0.415. The zero-order valence-electron chi connectivity index (χ0n) is 20.5. The number of hydrogen-bond donors (Lipinski definition) is 1. The van der Waals surface area contributed by atoms with Gasteiger partial charge < -0.3 is 14.0 Å². The van der Waals surface area contributed by atoms with Crippen molar-refractivity contribution in [3.8, 4) is 0 Å². The Hall–Kier alpha value is -2.76. The van der Waals surface area contributed by atoms with Gasteiger partial charge in [0.1, 0.15) is 6.54 Å². The van der Waals surface area contributed by atoms with Crippen LogP contribution in [0.1, 0.15) is 72.5 Å². The maximum Gasteiger partial charge on any atom is 0.231 e. The first-order chi connectivity index (χ1) is 16.4. The van der Waals surface area contributed by atoms with E-state index in [1.54, 1.807) is 6.20 Å². The molecule has 0 bridgehead atoms. The topological polar surface area (TPSA) is 63.3 Å². The summed E-state index contributed by atoms with van der Waals surface area (Å²) < 4.78 is 6.93. The fourth-order valence-corrected chi connectivity index (χ4v) is 5.24. The molecule has 1 aromatic heterocycles. The fourth-order valence-electron chi connectivity index (χ4n) is 5.24. The molecule has 3 aromatic rings. The van der Waals surface area contributed by atoms with Gasteiger partial charge in [0, 0.05) is 24.3 Å². The largest absolute Gasteiger partial charge is 0.436 e. The molecule has 1 fully saturated rings. The molecule has 180 valence electrons. The minimum atomic E-state index is -1.21. The standard InChI is InChI=1S/C29H37N2O3/c1-31(2,20-12-19-27(32)23-13-6-3-7-14-23)22-26-21-30-28(34-26)29(33,24-15-8-4-9-16-24)25-17-10-5-11-18-25/h3-4,6-9,13-16,21,25,33H,5,10-12,17-20,22H2,1-2H3/q+1/t29-/m0/s1. The number of carbonyl (C=O) groups excluding carboxylic acids is 1. The van der Waals surface area contributed by atoms with E-state index < -0.39 is 5.60 Å². The molecule has 1 aliphatic carbocycles. The number of hydrogen-bond acceptors (Lipinski definition) is 4. The summed E-state index contributed by atoms with van der Waals surface area (Å²) in [7, 11) is 4.28.